The zero-order chi connectivity index (χ0) is 17.4. The fourth-order valence-electron chi connectivity index (χ4n) is 2.81. The van der Waals surface area contributed by atoms with Gasteiger partial charge in [0, 0.05) is 16.5 Å². The molecule has 0 fully saturated rings. The maximum Gasteiger partial charge on any atom is 0.307 e. The second-order valence-corrected chi connectivity index (χ2v) is 7.05. The third kappa shape index (κ3) is 3.08. The van der Waals surface area contributed by atoms with Crippen LogP contribution in [0.25, 0.3) is 5.76 Å². The Bertz CT molecular complexity index is 987. The van der Waals surface area contributed by atoms with Crippen molar-refractivity contribution in [2.45, 2.75) is 5.92 Å². The van der Waals surface area contributed by atoms with Crippen molar-refractivity contribution in [1.29, 1.82) is 0 Å². The lowest BCUT2D eigenvalue weighted by Crippen LogP contribution is -2.09. The Morgan fingerprint density at radius 1 is 1.12 bits per heavy atom. The summed E-state index contributed by atoms with van der Waals surface area (Å²) >= 11 is 7.17. The fourth-order valence-corrected chi connectivity index (χ4v) is 3.79. The van der Waals surface area contributed by atoms with Gasteiger partial charge >= 0.3 is 4.87 Å². The summed E-state index contributed by atoms with van der Waals surface area (Å²) in [5.74, 6) is 1.91. The molecule has 126 valence electrons. The van der Waals surface area contributed by atoms with Crippen LogP contribution in [0.15, 0.2) is 59.4 Å². The zero-order valence-electron chi connectivity index (χ0n) is 13.3. The standard InChI is InChI=1S/C19H14ClNO3S/c1-23-14-8-4-12(5-9-14)16-10-15(11-2-6-13(20)7-3-11)17-18(24-16)21-19(22)25-17/h2-10,15H,1H3,(H,21,22). The number of methoxy groups -OCH3 is 1. The minimum atomic E-state index is -0.131. The van der Waals surface area contributed by atoms with Crippen molar-refractivity contribution in [3.8, 4) is 11.6 Å². The Balaban J connectivity index is 1.80. The smallest absolute Gasteiger partial charge is 0.307 e. The minimum Gasteiger partial charge on any atom is -0.497 e. The molecule has 0 saturated heterocycles. The second-order valence-electron chi connectivity index (χ2n) is 5.60. The molecule has 3 aromatic rings. The maximum atomic E-state index is 11.8. The monoisotopic (exact) mass is 371 g/mol. The van der Waals surface area contributed by atoms with Gasteiger partial charge in [0.05, 0.1) is 12.0 Å². The van der Waals surface area contributed by atoms with E-state index >= 15 is 0 Å². The predicted molar refractivity (Wildman–Crippen MR) is 99.8 cm³/mol. The maximum absolute atomic E-state index is 11.8. The molecule has 0 aliphatic carbocycles. The first-order chi connectivity index (χ1) is 12.1. The summed E-state index contributed by atoms with van der Waals surface area (Å²) in [6, 6.07) is 15.2. The molecule has 2 aromatic carbocycles. The molecular weight excluding hydrogens is 358 g/mol. The van der Waals surface area contributed by atoms with Gasteiger partial charge in [0.1, 0.15) is 11.5 Å². The molecule has 2 heterocycles. The van der Waals surface area contributed by atoms with Crippen molar-refractivity contribution >= 4 is 28.7 Å². The van der Waals surface area contributed by atoms with Gasteiger partial charge in [-0.3, -0.25) is 9.78 Å². The highest BCUT2D eigenvalue weighted by Gasteiger charge is 2.27. The van der Waals surface area contributed by atoms with Gasteiger partial charge in [0.2, 0.25) is 5.88 Å². The van der Waals surface area contributed by atoms with E-state index in [0.29, 0.717) is 16.7 Å². The van der Waals surface area contributed by atoms with Crippen LogP contribution in [0.3, 0.4) is 0 Å². The topological polar surface area (TPSA) is 51.3 Å². The van der Waals surface area contributed by atoms with E-state index in [1.54, 1.807) is 7.11 Å². The minimum absolute atomic E-state index is 0.0675. The van der Waals surface area contributed by atoms with Gasteiger partial charge in [-0.1, -0.05) is 35.1 Å². The third-order valence-electron chi connectivity index (χ3n) is 4.06. The van der Waals surface area contributed by atoms with Crippen LogP contribution in [-0.2, 0) is 0 Å². The van der Waals surface area contributed by atoms with Crippen molar-refractivity contribution in [2.24, 2.45) is 0 Å². The highest BCUT2D eigenvalue weighted by Crippen LogP contribution is 2.41. The number of fused-ring (bicyclic) bond motifs is 1. The third-order valence-corrected chi connectivity index (χ3v) is 5.26. The molecule has 1 aliphatic rings. The highest BCUT2D eigenvalue weighted by molar-refractivity contribution is 7.09. The Morgan fingerprint density at radius 3 is 2.52 bits per heavy atom. The van der Waals surface area contributed by atoms with E-state index in [1.807, 2.05) is 54.6 Å². The van der Waals surface area contributed by atoms with Gasteiger partial charge < -0.3 is 9.47 Å². The Hall–Kier alpha value is -2.50. The molecule has 1 N–H and O–H groups in total. The summed E-state index contributed by atoms with van der Waals surface area (Å²) in [5, 5.41) is 0.678. The Kier molecular flexibility index (Phi) is 4.11. The normalized spacial score (nSPS) is 15.9. The van der Waals surface area contributed by atoms with Crippen LogP contribution < -0.4 is 14.3 Å². The van der Waals surface area contributed by atoms with Crippen LogP contribution >= 0.6 is 22.9 Å². The number of nitrogens with one attached hydrogen (secondary N) is 1. The van der Waals surface area contributed by atoms with E-state index < -0.39 is 0 Å². The summed E-state index contributed by atoms with van der Waals surface area (Å²) in [5.41, 5.74) is 1.97. The van der Waals surface area contributed by atoms with Gasteiger partial charge in [-0.25, -0.2) is 0 Å². The SMILES string of the molecule is COc1ccc(C2=CC(c3ccc(Cl)cc3)c3sc(=O)[nH]c3O2)cc1. The fraction of sp³-hybridized carbons (Fsp3) is 0.105. The number of rotatable bonds is 3. The van der Waals surface area contributed by atoms with Crippen LogP contribution in [0, 0.1) is 0 Å². The number of H-pyrrole nitrogens is 1. The Morgan fingerprint density at radius 2 is 1.84 bits per heavy atom. The van der Waals surface area contributed by atoms with Crippen molar-refractivity contribution < 1.29 is 9.47 Å². The van der Waals surface area contributed by atoms with E-state index in [1.165, 1.54) is 11.3 Å². The largest absolute Gasteiger partial charge is 0.497 e. The lowest BCUT2D eigenvalue weighted by atomic mass is 9.94. The van der Waals surface area contributed by atoms with Gasteiger partial charge in [-0.15, -0.1) is 0 Å². The van der Waals surface area contributed by atoms with E-state index in [9.17, 15) is 4.79 Å². The molecule has 0 amide bonds. The summed E-state index contributed by atoms with van der Waals surface area (Å²) in [7, 11) is 1.63. The van der Waals surface area contributed by atoms with E-state index in [2.05, 4.69) is 4.98 Å². The molecule has 1 atom stereocenters. The molecule has 0 radical (unpaired) electrons. The van der Waals surface area contributed by atoms with E-state index in [0.717, 1.165) is 21.8 Å². The average Bonchev–Trinajstić information content (AvgIpc) is 3.02. The number of ether oxygens (including phenoxy) is 2. The number of aromatic nitrogens is 1. The van der Waals surface area contributed by atoms with Crippen LogP contribution in [0.2, 0.25) is 5.02 Å². The van der Waals surface area contributed by atoms with Crippen LogP contribution in [0.4, 0.5) is 0 Å². The van der Waals surface area contributed by atoms with Crippen LogP contribution in [0.5, 0.6) is 11.6 Å². The van der Waals surface area contributed by atoms with Crippen molar-refractivity contribution in [1.82, 2.24) is 4.98 Å². The lowest BCUT2D eigenvalue weighted by molar-refractivity contribution is 0.414. The zero-order valence-corrected chi connectivity index (χ0v) is 14.9. The molecule has 1 aliphatic heterocycles. The van der Waals surface area contributed by atoms with Crippen molar-refractivity contribution in [3.05, 3.63) is 85.3 Å². The summed E-state index contributed by atoms with van der Waals surface area (Å²) in [6.45, 7) is 0. The molecule has 4 rings (SSSR count). The predicted octanol–water partition coefficient (Wildman–Crippen LogP) is 4.66. The van der Waals surface area contributed by atoms with Gasteiger partial charge in [-0.2, -0.15) is 0 Å². The molecule has 0 spiro atoms. The number of aromatic amines is 1. The quantitative estimate of drug-likeness (QED) is 0.728. The molecule has 6 heteroatoms. The number of benzene rings is 2. The van der Waals surface area contributed by atoms with Gasteiger partial charge in [0.15, 0.2) is 0 Å². The molecule has 1 aromatic heterocycles. The van der Waals surface area contributed by atoms with E-state index in [-0.39, 0.29) is 10.8 Å². The van der Waals surface area contributed by atoms with Crippen LogP contribution in [0.1, 0.15) is 21.9 Å². The molecule has 0 bridgehead atoms. The first-order valence-electron chi connectivity index (χ1n) is 7.66. The molecule has 0 saturated carbocycles. The summed E-state index contributed by atoms with van der Waals surface area (Å²) in [6.07, 6.45) is 2.02. The number of allylic oxidation sites excluding steroid dienone is 1. The first kappa shape index (κ1) is 16.0. The van der Waals surface area contributed by atoms with E-state index in [4.69, 9.17) is 21.1 Å². The van der Waals surface area contributed by atoms with Crippen molar-refractivity contribution in [3.63, 3.8) is 0 Å². The number of hydrogen-bond acceptors (Lipinski definition) is 4. The molecule has 4 nitrogen and oxygen atoms in total. The van der Waals surface area contributed by atoms with Crippen molar-refractivity contribution in [2.75, 3.05) is 7.11 Å². The molecule has 1 unspecified atom stereocenters. The Labute approximate surface area is 153 Å². The number of hydrogen-bond donors (Lipinski definition) is 1. The van der Waals surface area contributed by atoms with Gasteiger partial charge in [-0.05, 0) is 48.0 Å². The second kappa shape index (κ2) is 6.43. The van der Waals surface area contributed by atoms with Crippen LogP contribution in [-0.4, -0.2) is 12.1 Å². The summed E-state index contributed by atoms with van der Waals surface area (Å²) < 4.78 is 11.1. The lowest BCUT2D eigenvalue weighted by Gasteiger charge is -2.22. The highest BCUT2D eigenvalue weighted by atomic mass is 35.5. The molecular formula is C19H14ClNO3S. The average molecular weight is 372 g/mol. The summed E-state index contributed by atoms with van der Waals surface area (Å²) in [4.78, 5) is 15.3. The van der Waals surface area contributed by atoms with Gasteiger partial charge in [0.25, 0.3) is 0 Å². The number of halogens is 1. The molecule has 25 heavy (non-hydrogen) atoms. The number of thiazole rings is 1. The first-order valence-corrected chi connectivity index (χ1v) is 8.86.